The summed E-state index contributed by atoms with van der Waals surface area (Å²) < 4.78 is 32.1. The molecule has 1 N–H and O–H groups in total. The predicted octanol–water partition coefficient (Wildman–Crippen LogP) is 1.59. The average molecular weight is 299 g/mol. The van der Waals surface area contributed by atoms with Crippen LogP contribution in [0.3, 0.4) is 0 Å². The summed E-state index contributed by atoms with van der Waals surface area (Å²) in [5.74, 6) is -3.71. The Morgan fingerprint density at radius 1 is 1.33 bits per heavy atom. The molecule has 114 valence electrons. The number of halogens is 2. The summed E-state index contributed by atoms with van der Waals surface area (Å²) >= 11 is 0. The monoisotopic (exact) mass is 299 g/mol. The van der Waals surface area contributed by atoms with E-state index in [2.05, 4.69) is 0 Å². The Morgan fingerprint density at radius 3 is 2.57 bits per heavy atom. The lowest BCUT2D eigenvalue weighted by Crippen LogP contribution is -2.41. The van der Waals surface area contributed by atoms with E-state index in [1.165, 1.54) is 14.0 Å². The molecule has 1 heterocycles. The van der Waals surface area contributed by atoms with Crippen molar-refractivity contribution in [2.75, 3.05) is 13.7 Å². The maximum absolute atomic E-state index is 13.8. The molecule has 7 heteroatoms. The van der Waals surface area contributed by atoms with Gasteiger partial charge in [0.15, 0.2) is 0 Å². The van der Waals surface area contributed by atoms with Gasteiger partial charge in [-0.25, -0.2) is 13.6 Å². The SMILES string of the molecule is COC1CC(C(=O)O)N(C(=O)c2cc(C)c(F)cc2F)C1. The molecule has 5 nitrogen and oxygen atoms in total. The summed E-state index contributed by atoms with van der Waals surface area (Å²) in [6, 6.07) is 0.640. The number of carboxylic acid groups (broad SMARTS) is 1. The molecular formula is C14H15F2NO4. The Hall–Kier alpha value is -2.02. The Labute approximate surface area is 120 Å². The van der Waals surface area contributed by atoms with Crippen LogP contribution in [-0.4, -0.2) is 47.7 Å². The number of amides is 1. The van der Waals surface area contributed by atoms with Gasteiger partial charge in [-0.15, -0.1) is 0 Å². The molecular weight excluding hydrogens is 284 g/mol. The van der Waals surface area contributed by atoms with Crippen molar-refractivity contribution in [1.82, 2.24) is 4.90 Å². The summed E-state index contributed by atoms with van der Waals surface area (Å²) in [6.07, 6.45) is -0.279. The topological polar surface area (TPSA) is 66.8 Å². The second kappa shape index (κ2) is 5.77. The highest BCUT2D eigenvalue weighted by molar-refractivity contribution is 5.97. The van der Waals surface area contributed by atoms with Gasteiger partial charge in [0, 0.05) is 26.1 Å². The van der Waals surface area contributed by atoms with Gasteiger partial charge in [-0.2, -0.15) is 0 Å². The maximum Gasteiger partial charge on any atom is 0.326 e. The summed E-state index contributed by atoms with van der Waals surface area (Å²) in [6.45, 7) is 1.46. The van der Waals surface area contributed by atoms with E-state index in [-0.39, 0.29) is 24.1 Å². The lowest BCUT2D eigenvalue weighted by atomic mass is 10.1. The third-order valence-electron chi connectivity index (χ3n) is 3.62. The number of nitrogens with zero attached hydrogens (tertiary/aromatic N) is 1. The van der Waals surface area contributed by atoms with Gasteiger partial charge in [0.25, 0.3) is 5.91 Å². The van der Waals surface area contributed by atoms with E-state index in [1.54, 1.807) is 0 Å². The van der Waals surface area contributed by atoms with Crippen molar-refractivity contribution in [3.63, 3.8) is 0 Å². The van der Waals surface area contributed by atoms with Crippen molar-refractivity contribution >= 4 is 11.9 Å². The van der Waals surface area contributed by atoms with E-state index in [1.807, 2.05) is 0 Å². The summed E-state index contributed by atoms with van der Waals surface area (Å²) in [5.41, 5.74) is -0.217. The van der Waals surface area contributed by atoms with E-state index in [0.717, 1.165) is 11.0 Å². The molecule has 1 aliphatic heterocycles. The van der Waals surface area contributed by atoms with Gasteiger partial charge in [0.2, 0.25) is 0 Å². The number of rotatable bonds is 3. The van der Waals surface area contributed by atoms with Crippen LogP contribution in [0.4, 0.5) is 8.78 Å². The molecule has 0 aromatic heterocycles. The molecule has 0 bridgehead atoms. The molecule has 0 radical (unpaired) electrons. The standard InChI is InChI=1S/C14H15F2NO4/c1-7-3-9(11(16)5-10(7)15)13(18)17-6-8(21-2)4-12(17)14(19)20/h3,5,8,12H,4,6H2,1-2H3,(H,19,20). The van der Waals surface area contributed by atoms with Crippen LogP contribution in [0.1, 0.15) is 22.3 Å². The van der Waals surface area contributed by atoms with Gasteiger partial charge < -0.3 is 14.7 Å². The first-order chi connectivity index (χ1) is 9.85. The number of likely N-dealkylation sites (tertiary alicyclic amines) is 1. The normalized spacial score (nSPS) is 21.6. The molecule has 2 unspecified atom stereocenters. The number of aliphatic carboxylic acids is 1. The van der Waals surface area contributed by atoms with Gasteiger partial charge >= 0.3 is 5.97 Å². The van der Waals surface area contributed by atoms with Crippen LogP contribution < -0.4 is 0 Å². The number of carbonyl (C=O) groups excluding carboxylic acids is 1. The van der Waals surface area contributed by atoms with Gasteiger partial charge in [0.05, 0.1) is 11.7 Å². The molecule has 0 spiro atoms. The Morgan fingerprint density at radius 2 is 2.00 bits per heavy atom. The second-order valence-corrected chi connectivity index (χ2v) is 4.99. The number of carboxylic acids is 1. The predicted molar refractivity (Wildman–Crippen MR) is 69.0 cm³/mol. The molecule has 2 rings (SSSR count). The number of hydrogen-bond acceptors (Lipinski definition) is 3. The minimum atomic E-state index is -1.18. The fraction of sp³-hybridized carbons (Fsp3) is 0.429. The zero-order valence-corrected chi connectivity index (χ0v) is 11.6. The lowest BCUT2D eigenvalue weighted by Gasteiger charge is -2.21. The van der Waals surface area contributed by atoms with Crippen LogP contribution in [0.15, 0.2) is 12.1 Å². The minimum absolute atomic E-state index is 0.0577. The zero-order valence-electron chi connectivity index (χ0n) is 11.6. The number of aryl methyl sites for hydroxylation is 1. The first-order valence-electron chi connectivity index (χ1n) is 6.37. The van der Waals surface area contributed by atoms with E-state index >= 15 is 0 Å². The van der Waals surface area contributed by atoms with Crippen molar-refractivity contribution in [2.24, 2.45) is 0 Å². The molecule has 0 aliphatic carbocycles. The highest BCUT2D eigenvalue weighted by atomic mass is 19.1. The molecule has 21 heavy (non-hydrogen) atoms. The van der Waals surface area contributed by atoms with Crippen LogP contribution >= 0.6 is 0 Å². The summed E-state index contributed by atoms with van der Waals surface area (Å²) in [4.78, 5) is 24.6. The van der Waals surface area contributed by atoms with Crippen molar-refractivity contribution in [1.29, 1.82) is 0 Å². The van der Waals surface area contributed by atoms with Gasteiger partial charge in [-0.1, -0.05) is 0 Å². The molecule has 1 aromatic rings. The summed E-state index contributed by atoms with van der Waals surface area (Å²) in [5, 5.41) is 9.16. The smallest absolute Gasteiger partial charge is 0.326 e. The Kier molecular flexibility index (Phi) is 4.22. The Bertz CT molecular complexity index is 591. The van der Waals surface area contributed by atoms with Crippen LogP contribution in [0.5, 0.6) is 0 Å². The first-order valence-corrected chi connectivity index (χ1v) is 6.37. The third-order valence-corrected chi connectivity index (χ3v) is 3.62. The van der Waals surface area contributed by atoms with E-state index in [9.17, 15) is 18.4 Å². The van der Waals surface area contributed by atoms with E-state index < -0.39 is 35.7 Å². The van der Waals surface area contributed by atoms with Gasteiger partial charge in [0.1, 0.15) is 17.7 Å². The number of ether oxygens (including phenoxy) is 1. The molecule has 1 aromatic carbocycles. The van der Waals surface area contributed by atoms with Crippen LogP contribution in [0, 0.1) is 18.6 Å². The highest BCUT2D eigenvalue weighted by Crippen LogP contribution is 2.24. The third kappa shape index (κ3) is 2.87. The minimum Gasteiger partial charge on any atom is -0.480 e. The Balaban J connectivity index is 2.34. The lowest BCUT2D eigenvalue weighted by molar-refractivity contribution is -0.141. The second-order valence-electron chi connectivity index (χ2n) is 4.99. The molecule has 1 aliphatic rings. The molecule has 1 saturated heterocycles. The molecule has 1 fully saturated rings. The maximum atomic E-state index is 13.8. The van der Waals surface area contributed by atoms with E-state index in [4.69, 9.17) is 9.84 Å². The fourth-order valence-corrected chi connectivity index (χ4v) is 2.40. The molecule has 0 saturated carbocycles. The largest absolute Gasteiger partial charge is 0.480 e. The van der Waals surface area contributed by atoms with Crippen LogP contribution in [0.25, 0.3) is 0 Å². The fourth-order valence-electron chi connectivity index (χ4n) is 2.40. The quantitative estimate of drug-likeness (QED) is 0.920. The first kappa shape index (κ1) is 15.4. The molecule has 1 amide bonds. The van der Waals surface area contributed by atoms with Gasteiger partial charge in [-0.3, -0.25) is 4.79 Å². The summed E-state index contributed by atoms with van der Waals surface area (Å²) in [7, 11) is 1.42. The van der Waals surface area contributed by atoms with Crippen molar-refractivity contribution in [3.8, 4) is 0 Å². The zero-order chi connectivity index (χ0) is 15.7. The number of benzene rings is 1. The van der Waals surface area contributed by atoms with Crippen molar-refractivity contribution < 1.29 is 28.2 Å². The highest BCUT2D eigenvalue weighted by Gasteiger charge is 2.40. The average Bonchev–Trinajstić information content (AvgIpc) is 2.86. The van der Waals surface area contributed by atoms with Gasteiger partial charge in [-0.05, 0) is 18.6 Å². The van der Waals surface area contributed by atoms with Crippen molar-refractivity contribution in [2.45, 2.75) is 25.5 Å². The van der Waals surface area contributed by atoms with Crippen LogP contribution in [-0.2, 0) is 9.53 Å². The van der Waals surface area contributed by atoms with E-state index in [0.29, 0.717) is 6.07 Å². The molecule has 2 atom stereocenters. The van der Waals surface area contributed by atoms with Crippen LogP contribution in [0.2, 0.25) is 0 Å². The number of carbonyl (C=O) groups is 2. The number of hydrogen-bond donors (Lipinski definition) is 1. The number of methoxy groups -OCH3 is 1. The van der Waals surface area contributed by atoms with Crippen molar-refractivity contribution in [3.05, 3.63) is 34.9 Å².